The van der Waals surface area contributed by atoms with E-state index in [0.29, 0.717) is 11.2 Å². The Morgan fingerprint density at radius 2 is 2.10 bits per heavy atom. The number of hydrogen-bond acceptors (Lipinski definition) is 5. The number of carbonyl (C=O) groups excluding carboxylic acids is 1. The number of benzene rings is 1. The van der Waals surface area contributed by atoms with Gasteiger partial charge < -0.3 is 0 Å². The fourth-order valence-corrected chi connectivity index (χ4v) is 4.00. The lowest BCUT2D eigenvalue weighted by Crippen LogP contribution is -2.30. The van der Waals surface area contributed by atoms with E-state index >= 15 is 0 Å². The summed E-state index contributed by atoms with van der Waals surface area (Å²) < 4.78 is 0.881. The topological polar surface area (TPSA) is 46.1 Å². The second-order valence-corrected chi connectivity index (χ2v) is 7.50. The number of thioether (sulfide) groups is 1. The maximum atomic E-state index is 11.7. The molecule has 0 spiro atoms. The third kappa shape index (κ3) is 3.75. The maximum Gasteiger partial charge on any atom is 0.225 e. The number of carbonyl (C=O) groups is 1. The molecule has 0 atom stereocenters. The molecule has 1 aromatic carbocycles. The molecule has 0 bridgehead atoms. The summed E-state index contributed by atoms with van der Waals surface area (Å²) in [6.45, 7) is 1.58. The molecule has 0 aliphatic heterocycles. The zero-order valence-electron chi connectivity index (χ0n) is 11.5. The number of nitrogens with zero attached hydrogens (tertiary/aromatic N) is 3. The molecule has 1 aromatic heterocycles. The number of hydrogen-bond donors (Lipinski definition) is 0. The summed E-state index contributed by atoms with van der Waals surface area (Å²) in [7, 11) is 0. The summed E-state index contributed by atoms with van der Waals surface area (Å²) in [5, 5.41) is 9.78. The van der Waals surface area contributed by atoms with E-state index in [1.165, 1.54) is 16.9 Å². The molecular formula is C14H14ClN3OS2. The van der Waals surface area contributed by atoms with Crippen molar-refractivity contribution in [3.8, 4) is 0 Å². The van der Waals surface area contributed by atoms with Gasteiger partial charge in [-0.1, -0.05) is 46.8 Å². The number of anilines is 1. The third-order valence-electron chi connectivity index (χ3n) is 3.13. The number of halogens is 1. The minimum atomic E-state index is 0.0444. The lowest BCUT2D eigenvalue weighted by atomic mass is 10.2. The van der Waals surface area contributed by atoms with E-state index in [9.17, 15) is 4.79 Å². The van der Waals surface area contributed by atoms with Crippen LogP contribution in [0.15, 0.2) is 28.6 Å². The number of aromatic nitrogens is 2. The van der Waals surface area contributed by atoms with Crippen molar-refractivity contribution in [1.29, 1.82) is 0 Å². The van der Waals surface area contributed by atoms with Crippen LogP contribution in [-0.2, 0) is 10.5 Å². The van der Waals surface area contributed by atoms with Crippen LogP contribution in [0.5, 0.6) is 0 Å². The van der Waals surface area contributed by atoms with Crippen molar-refractivity contribution in [2.75, 3.05) is 4.90 Å². The Kier molecular flexibility index (Phi) is 4.47. The van der Waals surface area contributed by atoms with Gasteiger partial charge in [0.15, 0.2) is 4.34 Å². The van der Waals surface area contributed by atoms with Crippen LogP contribution in [0.2, 0.25) is 5.02 Å². The standard InChI is InChI=1S/C14H14ClN3OS2/c1-9(19)18(12-6-7-12)13-16-17-14(21-13)20-8-10-2-4-11(15)5-3-10/h2-5,12H,6-8H2,1H3. The Labute approximate surface area is 136 Å². The first kappa shape index (κ1) is 14.8. The molecule has 1 aliphatic carbocycles. The van der Waals surface area contributed by atoms with Crippen LogP contribution in [-0.4, -0.2) is 22.1 Å². The Hall–Kier alpha value is -1.11. The lowest BCUT2D eigenvalue weighted by Gasteiger charge is -2.15. The minimum Gasteiger partial charge on any atom is -0.284 e. The Bertz CT molecular complexity index is 640. The maximum absolute atomic E-state index is 11.7. The highest BCUT2D eigenvalue weighted by Crippen LogP contribution is 2.36. The third-order valence-corrected chi connectivity index (χ3v) is 5.51. The molecule has 2 aromatic rings. The fourth-order valence-electron chi connectivity index (χ4n) is 1.96. The zero-order valence-corrected chi connectivity index (χ0v) is 13.8. The summed E-state index contributed by atoms with van der Waals surface area (Å²) in [4.78, 5) is 13.5. The van der Waals surface area contributed by atoms with E-state index in [-0.39, 0.29) is 5.91 Å². The molecule has 7 heteroatoms. The minimum absolute atomic E-state index is 0.0444. The normalized spacial score (nSPS) is 14.2. The van der Waals surface area contributed by atoms with Gasteiger partial charge in [-0.05, 0) is 30.5 Å². The molecule has 1 heterocycles. The first-order chi connectivity index (χ1) is 10.1. The molecule has 21 heavy (non-hydrogen) atoms. The predicted octanol–water partition coefficient (Wildman–Crippen LogP) is 4.00. The van der Waals surface area contributed by atoms with Gasteiger partial charge in [-0.3, -0.25) is 9.69 Å². The van der Waals surface area contributed by atoms with Gasteiger partial charge in [-0.2, -0.15) is 0 Å². The largest absolute Gasteiger partial charge is 0.284 e. The second-order valence-electron chi connectivity index (χ2n) is 4.89. The molecule has 1 aliphatic rings. The average molecular weight is 340 g/mol. The van der Waals surface area contributed by atoms with Gasteiger partial charge in [0.2, 0.25) is 11.0 Å². The van der Waals surface area contributed by atoms with Crippen LogP contribution in [0.3, 0.4) is 0 Å². The Balaban J connectivity index is 1.64. The van der Waals surface area contributed by atoms with Gasteiger partial charge in [0.05, 0.1) is 0 Å². The summed E-state index contributed by atoms with van der Waals surface area (Å²) in [6.07, 6.45) is 2.12. The van der Waals surface area contributed by atoms with Crippen molar-refractivity contribution in [2.24, 2.45) is 0 Å². The monoisotopic (exact) mass is 339 g/mol. The SMILES string of the molecule is CC(=O)N(c1nnc(SCc2ccc(Cl)cc2)s1)C1CC1. The smallest absolute Gasteiger partial charge is 0.225 e. The van der Waals surface area contributed by atoms with Crippen molar-refractivity contribution in [3.05, 3.63) is 34.9 Å². The lowest BCUT2D eigenvalue weighted by molar-refractivity contribution is -0.116. The molecular weight excluding hydrogens is 326 g/mol. The highest BCUT2D eigenvalue weighted by molar-refractivity contribution is 8.00. The van der Waals surface area contributed by atoms with Crippen LogP contribution in [0, 0.1) is 0 Å². The summed E-state index contributed by atoms with van der Waals surface area (Å²) in [5.41, 5.74) is 1.19. The molecule has 110 valence electrons. The summed E-state index contributed by atoms with van der Waals surface area (Å²) in [6, 6.07) is 8.10. The van der Waals surface area contributed by atoms with Crippen LogP contribution in [0.1, 0.15) is 25.3 Å². The molecule has 1 fully saturated rings. The van der Waals surface area contributed by atoms with Gasteiger partial charge in [0.1, 0.15) is 0 Å². The Morgan fingerprint density at radius 3 is 2.71 bits per heavy atom. The van der Waals surface area contributed by atoms with E-state index in [0.717, 1.165) is 28.0 Å². The van der Waals surface area contributed by atoms with E-state index in [2.05, 4.69) is 10.2 Å². The zero-order chi connectivity index (χ0) is 14.8. The molecule has 0 unspecified atom stereocenters. The molecule has 3 rings (SSSR count). The first-order valence-corrected chi connectivity index (χ1v) is 8.82. The van der Waals surface area contributed by atoms with Crippen molar-refractivity contribution >= 4 is 45.7 Å². The molecule has 1 amide bonds. The quantitative estimate of drug-likeness (QED) is 0.610. The van der Waals surface area contributed by atoms with E-state index in [1.54, 1.807) is 23.6 Å². The van der Waals surface area contributed by atoms with Gasteiger partial charge in [-0.25, -0.2) is 0 Å². The molecule has 1 saturated carbocycles. The fraction of sp³-hybridized carbons (Fsp3) is 0.357. The highest BCUT2D eigenvalue weighted by Gasteiger charge is 2.34. The highest BCUT2D eigenvalue weighted by atomic mass is 35.5. The van der Waals surface area contributed by atoms with E-state index in [1.807, 2.05) is 24.3 Å². The number of rotatable bonds is 5. The van der Waals surface area contributed by atoms with E-state index < -0.39 is 0 Å². The van der Waals surface area contributed by atoms with Crippen molar-refractivity contribution in [3.63, 3.8) is 0 Å². The molecule has 0 saturated heterocycles. The molecule has 0 radical (unpaired) electrons. The Morgan fingerprint density at radius 1 is 1.38 bits per heavy atom. The van der Waals surface area contributed by atoms with Crippen LogP contribution < -0.4 is 4.90 Å². The summed E-state index contributed by atoms with van der Waals surface area (Å²) in [5.74, 6) is 0.859. The van der Waals surface area contributed by atoms with Crippen molar-refractivity contribution in [2.45, 2.75) is 35.9 Å². The van der Waals surface area contributed by atoms with Crippen molar-refractivity contribution in [1.82, 2.24) is 10.2 Å². The van der Waals surface area contributed by atoms with Gasteiger partial charge in [0.25, 0.3) is 0 Å². The average Bonchev–Trinajstić information content (AvgIpc) is 3.17. The molecule has 4 nitrogen and oxygen atoms in total. The van der Waals surface area contributed by atoms with Crippen LogP contribution in [0.4, 0.5) is 5.13 Å². The first-order valence-electron chi connectivity index (χ1n) is 6.64. The molecule has 0 N–H and O–H groups in total. The van der Waals surface area contributed by atoms with Gasteiger partial charge >= 0.3 is 0 Å². The number of amides is 1. The van der Waals surface area contributed by atoms with Gasteiger partial charge in [0, 0.05) is 23.7 Å². The van der Waals surface area contributed by atoms with Crippen LogP contribution >= 0.6 is 34.7 Å². The summed E-state index contributed by atoms with van der Waals surface area (Å²) >= 11 is 8.97. The second kappa shape index (κ2) is 6.34. The van der Waals surface area contributed by atoms with Gasteiger partial charge in [-0.15, -0.1) is 10.2 Å². The van der Waals surface area contributed by atoms with Crippen LogP contribution in [0.25, 0.3) is 0 Å². The van der Waals surface area contributed by atoms with E-state index in [4.69, 9.17) is 11.6 Å². The van der Waals surface area contributed by atoms with Crippen molar-refractivity contribution < 1.29 is 4.79 Å². The predicted molar refractivity (Wildman–Crippen MR) is 87.1 cm³/mol.